The van der Waals surface area contributed by atoms with Crippen molar-refractivity contribution in [3.63, 3.8) is 0 Å². The minimum absolute atomic E-state index is 0.00968. The van der Waals surface area contributed by atoms with Crippen molar-refractivity contribution < 1.29 is 47.9 Å². The summed E-state index contributed by atoms with van der Waals surface area (Å²) >= 11 is 0. The molecule has 1 N–H and O–H groups in total. The van der Waals surface area contributed by atoms with Gasteiger partial charge in [0.1, 0.15) is 30.8 Å². The summed E-state index contributed by atoms with van der Waals surface area (Å²) in [4.78, 5) is 38.0. The molecule has 1 fully saturated rings. The summed E-state index contributed by atoms with van der Waals surface area (Å²) in [6, 6.07) is 0. The fourth-order valence-electron chi connectivity index (χ4n) is 3.99. The van der Waals surface area contributed by atoms with Crippen LogP contribution in [0.4, 0.5) is 4.79 Å². The molecule has 0 aromatic heterocycles. The molecule has 1 rings (SSSR count). The van der Waals surface area contributed by atoms with Gasteiger partial charge in [-0.25, -0.2) is 4.79 Å². The first-order valence-corrected chi connectivity index (χ1v) is 16.8. The molecular formula is C29H52O10S2. The lowest BCUT2D eigenvalue weighted by atomic mass is 9.79. The lowest BCUT2D eigenvalue weighted by molar-refractivity contribution is -0.168. The van der Waals surface area contributed by atoms with Crippen molar-refractivity contribution in [1.82, 2.24) is 0 Å². The van der Waals surface area contributed by atoms with Crippen molar-refractivity contribution in [1.29, 1.82) is 0 Å². The molecule has 12 heteroatoms. The zero-order chi connectivity index (χ0) is 31.4. The average molecular weight is 625 g/mol. The van der Waals surface area contributed by atoms with Gasteiger partial charge in [0, 0.05) is 31.1 Å². The van der Waals surface area contributed by atoms with E-state index in [1.165, 1.54) is 0 Å². The number of esters is 2. The number of aliphatic hydroxyl groups is 1. The van der Waals surface area contributed by atoms with Crippen molar-refractivity contribution in [2.24, 2.45) is 10.8 Å². The quantitative estimate of drug-likeness (QED) is 0.0835. The van der Waals surface area contributed by atoms with E-state index in [2.05, 4.69) is 0 Å². The standard InChI is InChI=1S/C29H52O10S2/c1-10-29(9,33)18-27(7,22(30)35-16-17-36-23(31)28(8)20-40-41-21-28)19-37-24(32)39-26(5,6)13-15-34-14-12-25(3,4)38-11-2/h33H,10-21H2,1-9H3. The zero-order valence-corrected chi connectivity index (χ0v) is 28.1. The summed E-state index contributed by atoms with van der Waals surface area (Å²) < 4.78 is 32.9. The second-order valence-corrected chi connectivity index (χ2v) is 15.1. The first-order chi connectivity index (χ1) is 18.9. The molecule has 0 bridgehead atoms. The highest BCUT2D eigenvalue weighted by atomic mass is 33.1. The third-order valence-corrected chi connectivity index (χ3v) is 9.89. The monoisotopic (exact) mass is 624 g/mol. The van der Waals surface area contributed by atoms with Crippen molar-refractivity contribution in [3.05, 3.63) is 0 Å². The van der Waals surface area contributed by atoms with E-state index in [4.69, 9.17) is 28.4 Å². The van der Waals surface area contributed by atoms with Gasteiger partial charge in [0.05, 0.1) is 23.2 Å². The van der Waals surface area contributed by atoms with E-state index >= 15 is 0 Å². The van der Waals surface area contributed by atoms with Crippen LogP contribution in [0.3, 0.4) is 0 Å². The van der Waals surface area contributed by atoms with Gasteiger partial charge in [0.2, 0.25) is 0 Å². The van der Waals surface area contributed by atoms with Crippen LogP contribution in [0.5, 0.6) is 0 Å². The van der Waals surface area contributed by atoms with Crippen LogP contribution in [0.1, 0.15) is 88.0 Å². The number of carbonyl (C=O) groups is 3. The predicted octanol–water partition coefficient (Wildman–Crippen LogP) is 5.58. The van der Waals surface area contributed by atoms with Crippen LogP contribution in [-0.2, 0) is 38.0 Å². The predicted molar refractivity (Wildman–Crippen MR) is 161 cm³/mol. The van der Waals surface area contributed by atoms with Crippen LogP contribution in [0.2, 0.25) is 0 Å². The summed E-state index contributed by atoms with van der Waals surface area (Å²) in [6.07, 6.45) is 0.611. The molecule has 0 aromatic carbocycles. The molecule has 1 saturated heterocycles. The second-order valence-electron chi connectivity index (χ2n) is 12.7. The Morgan fingerprint density at radius 1 is 0.829 bits per heavy atom. The lowest BCUT2D eigenvalue weighted by Gasteiger charge is -2.34. The van der Waals surface area contributed by atoms with Crippen LogP contribution in [-0.4, -0.2) is 91.2 Å². The normalized spacial score (nSPS) is 18.2. The molecule has 0 radical (unpaired) electrons. The Hall–Kier alpha value is -1.21. The molecule has 1 heterocycles. The highest BCUT2D eigenvalue weighted by Gasteiger charge is 2.43. The summed E-state index contributed by atoms with van der Waals surface area (Å²) in [7, 11) is 3.26. The Morgan fingerprint density at radius 2 is 1.39 bits per heavy atom. The number of carbonyl (C=O) groups excluding carboxylic acids is 3. The van der Waals surface area contributed by atoms with Crippen LogP contribution in [0.15, 0.2) is 0 Å². The highest BCUT2D eigenvalue weighted by Crippen LogP contribution is 2.43. The molecule has 240 valence electrons. The van der Waals surface area contributed by atoms with Gasteiger partial charge in [-0.2, -0.15) is 0 Å². The van der Waals surface area contributed by atoms with Crippen LogP contribution in [0.25, 0.3) is 0 Å². The van der Waals surface area contributed by atoms with E-state index in [9.17, 15) is 19.5 Å². The molecule has 41 heavy (non-hydrogen) atoms. The first kappa shape index (κ1) is 37.8. The largest absolute Gasteiger partial charge is 0.508 e. The van der Waals surface area contributed by atoms with Crippen molar-refractivity contribution in [2.45, 2.75) is 105 Å². The topological polar surface area (TPSA) is 127 Å². The third-order valence-electron chi connectivity index (χ3n) is 7.01. The maximum Gasteiger partial charge on any atom is 0.508 e. The Morgan fingerprint density at radius 3 is 1.95 bits per heavy atom. The number of hydrogen-bond donors (Lipinski definition) is 1. The van der Waals surface area contributed by atoms with Crippen LogP contribution >= 0.6 is 21.6 Å². The maximum atomic E-state index is 13.1. The van der Waals surface area contributed by atoms with Gasteiger partial charge in [-0.1, -0.05) is 28.5 Å². The highest BCUT2D eigenvalue weighted by molar-refractivity contribution is 8.77. The van der Waals surface area contributed by atoms with Gasteiger partial charge in [0.25, 0.3) is 0 Å². The summed E-state index contributed by atoms with van der Waals surface area (Å²) in [5, 5.41) is 10.7. The molecule has 0 spiro atoms. The Balaban J connectivity index is 2.59. The molecule has 10 nitrogen and oxygen atoms in total. The van der Waals surface area contributed by atoms with E-state index in [-0.39, 0.29) is 37.8 Å². The van der Waals surface area contributed by atoms with Crippen molar-refractivity contribution in [2.75, 3.05) is 51.1 Å². The number of ether oxygens (including phenoxy) is 6. The smallest absolute Gasteiger partial charge is 0.462 e. The minimum Gasteiger partial charge on any atom is -0.462 e. The number of hydrogen-bond acceptors (Lipinski definition) is 12. The second kappa shape index (κ2) is 16.6. The van der Waals surface area contributed by atoms with Gasteiger partial charge in [-0.05, 0) is 74.7 Å². The summed E-state index contributed by atoms with van der Waals surface area (Å²) in [5.74, 6) is 0.349. The van der Waals surface area contributed by atoms with E-state index in [1.807, 2.05) is 27.7 Å². The van der Waals surface area contributed by atoms with Gasteiger partial charge < -0.3 is 33.5 Å². The molecule has 1 aliphatic heterocycles. The van der Waals surface area contributed by atoms with Gasteiger partial charge in [0.15, 0.2) is 0 Å². The lowest BCUT2D eigenvalue weighted by Crippen LogP contribution is -2.43. The minimum atomic E-state index is -1.35. The van der Waals surface area contributed by atoms with Gasteiger partial charge >= 0.3 is 18.1 Å². The van der Waals surface area contributed by atoms with Crippen molar-refractivity contribution >= 4 is 39.7 Å². The molecule has 0 aliphatic carbocycles. The van der Waals surface area contributed by atoms with Gasteiger partial charge in [-0.15, -0.1) is 0 Å². The zero-order valence-electron chi connectivity index (χ0n) is 26.4. The molecule has 0 amide bonds. The Labute approximate surface area is 254 Å². The molecule has 0 aromatic rings. The molecule has 0 saturated carbocycles. The molecule has 2 atom stereocenters. The van der Waals surface area contributed by atoms with Crippen LogP contribution in [0, 0.1) is 10.8 Å². The Kier molecular flexibility index (Phi) is 15.3. The summed E-state index contributed by atoms with van der Waals surface area (Å²) in [6.45, 7) is 17.2. The van der Waals surface area contributed by atoms with Crippen molar-refractivity contribution in [3.8, 4) is 0 Å². The fraction of sp³-hybridized carbons (Fsp3) is 0.897. The fourth-order valence-corrected chi connectivity index (χ4v) is 7.31. The third kappa shape index (κ3) is 14.2. The average Bonchev–Trinajstić information content (AvgIpc) is 3.32. The molecular weight excluding hydrogens is 572 g/mol. The first-order valence-electron chi connectivity index (χ1n) is 14.3. The van der Waals surface area contributed by atoms with E-state index in [0.29, 0.717) is 44.2 Å². The number of rotatable bonds is 19. The summed E-state index contributed by atoms with van der Waals surface area (Å²) in [5.41, 5.74) is -4.24. The van der Waals surface area contributed by atoms with E-state index in [1.54, 1.807) is 56.2 Å². The van der Waals surface area contributed by atoms with Crippen LogP contribution < -0.4 is 0 Å². The molecule has 1 aliphatic rings. The molecule has 2 unspecified atom stereocenters. The van der Waals surface area contributed by atoms with E-state index in [0.717, 1.165) is 6.42 Å². The van der Waals surface area contributed by atoms with Gasteiger partial charge in [-0.3, -0.25) is 9.59 Å². The van der Waals surface area contributed by atoms with E-state index < -0.39 is 34.2 Å². The Bertz CT molecular complexity index is 839. The maximum absolute atomic E-state index is 13.1. The SMILES string of the molecule is CCOC(C)(C)CCOCCC(C)(C)OC(=O)OCC(C)(CC(C)(O)CC)C(=O)OCCOC(=O)C1(C)CSSC1.